The normalized spacial score (nSPS) is 25.7. The summed E-state index contributed by atoms with van der Waals surface area (Å²) in [6.45, 7) is 0.794. The van der Waals surface area contributed by atoms with E-state index in [0.717, 1.165) is 18.5 Å². The van der Waals surface area contributed by atoms with Crippen LogP contribution in [0, 0.1) is 5.82 Å². The molecule has 1 aliphatic heterocycles. The number of halogens is 2. The molecule has 1 aliphatic rings. The predicted molar refractivity (Wildman–Crippen MR) is 59.6 cm³/mol. The smallest absolute Gasteiger partial charge is 0.123 e. The van der Waals surface area contributed by atoms with Gasteiger partial charge in [0.1, 0.15) is 5.82 Å². The fraction of sp³-hybridized carbons (Fsp3) is 0.455. The van der Waals surface area contributed by atoms with Crippen molar-refractivity contribution in [3.8, 4) is 0 Å². The van der Waals surface area contributed by atoms with E-state index < -0.39 is 0 Å². The number of hydrogen-bond acceptors (Lipinski definition) is 2. The molecule has 2 rings (SSSR count). The molecule has 1 aromatic carbocycles. The summed E-state index contributed by atoms with van der Waals surface area (Å²) in [6, 6.07) is 6.64. The van der Waals surface area contributed by atoms with Gasteiger partial charge in [-0.2, -0.15) is 0 Å². The third-order valence-corrected chi connectivity index (χ3v) is 2.63. The summed E-state index contributed by atoms with van der Waals surface area (Å²) in [5, 5.41) is 12.7. The molecule has 1 saturated heterocycles. The molecule has 0 aliphatic carbocycles. The number of rotatable bonds is 1. The van der Waals surface area contributed by atoms with Gasteiger partial charge in [-0.05, 0) is 37.1 Å². The highest BCUT2D eigenvalue weighted by atomic mass is 35.5. The second kappa shape index (κ2) is 5.45. The molecule has 1 aromatic rings. The van der Waals surface area contributed by atoms with Crippen molar-refractivity contribution in [1.29, 1.82) is 0 Å². The van der Waals surface area contributed by atoms with Crippen LogP contribution in [0.1, 0.15) is 24.4 Å². The molecule has 0 saturated carbocycles. The van der Waals surface area contributed by atoms with E-state index in [4.69, 9.17) is 0 Å². The molecular weight excluding hydrogens is 217 g/mol. The van der Waals surface area contributed by atoms with Crippen molar-refractivity contribution in [1.82, 2.24) is 5.32 Å². The topological polar surface area (TPSA) is 32.3 Å². The van der Waals surface area contributed by atoms with Crippen LogP contribution in [-0.2, 0) is 0 Å². The average molecular weight is 232 g/mol. The van der Waals surface area contributed by atoms with E-state index in [0.29, 0.717) is 6.42 Å². The Labute approximate surface area is 94.9 Å². The molecule has 2 atom stereocenters. The van der Waals surface area contributed by atoms with Crippen LogP contribution in [0.5, 0.6) is 0 Å². The van der Waals surface area contributed by atoms with Gasteiger partial charge in [-0.1, -0.05) is 12.1 Å². The summed E-state index contributed by atoms with van der Waals surface area (Å²) in [4.78, 5) is 0. The van der Waals surface area contributed by atoms with Crippen LogP contribution < -0.4 is 5.32 Å². The van der Waals surface area contributed by atoms with Crippen molar-refractivity contribution in [2.24, 2.45) is 0 Å². The minimum Gasteiger partial charge on any atom is -0.393 e. The third-order valence-electron chi connectivity index (χ3n) is 2.63. The van der Waals surface area contributed by atoms with Crippen molar-refractivity contribution >= 4 is 12.4 Å². The van der Waals surface area contributed by atoms with Gasteiger partial charge < -0.3 is 10.4 Å². The Morgan fingerprint density at radius 1 is 1.40 bits per heavy atom. The van der Waals surface area contributed by atoms with Crippen LogP contribution >= 0.6 is 12.4 Å². The van der Waals surface area contributed by atoms with Crippen LogP contribution in [0.3, 0.4) is 0 Å². The van der Waals surface area contributed by atoms with Gasteiger partial charge in [0.25, 0.3) is 0 Å². The first-order chi connectivity index (χ1) is 6.75. The van der Waals surface area contributed by atoms with Gasteiger partial charge in [-0.15, -0.1) is 12.4 Å². The molecule has 0 amide bonds. The predicted octanol–water partition coefficient (Wildman–Crippen LogP) is 2.03. The zero-order chi connectivity index (χ0) is 9.97. The third kappa shape index (κ3) is 3.16. The van der Waals surface area contributed by atoms with Gasteiger partial charge in [0.05, 0.1) is 6.10 Å². The molecular formula is C11H15ClFNO. The van der Waals surface area contributed by atoms with E-state index in [2.05, 4.69) is 5.32 Å². The fourth-order valence-electron chi connectivity index (χ4n) is 1.87. The summed E-state index contributed by atoms with van der Waals surface area (Å²) >= 11 is 0. The van der Waals surface area contributed by atoms with Crippen molar-refractivity contribution in [3.63, 3.8) is 0 Å². The van der Waals surface area contributed by atoms with Gasteiger partial charge in [0.15, 0.2) is 0 Å². The van der Waals surface area contributed by atoms with Gasteiger partial charge in [-0.25, -0.2) is 4.39 Å². The van der Waals surface area contributed by atoms with Crippen molar-refractivity contribution in [2.45, 2.75) is 25.0 Å². The van der Waals surface area contributed by atoms with E-state index in [-0.39, 0.29) is 30.4 Å². The minimum atomic E-state index is -0.260. The summed E-state index contributed by atoms with van der Waals surface area (Å²) in [5.41, 5.74) is 0.920. The number of benzene rings is 1. The lowest BCUT2D eigenvalue weighted by atomic mass is 9.95. The maximum atomic E-state index is 12.9. The monoisotopic (exact) mass is 231 g/mol. The summed E-state index contributed by atoms with van der Waals surface area (Å²) < 4.78 is 12.9. The maximum absolute atomic E-state index is 12.9. The molecule has 2 unspecified atom stereocenters. The standard InChI is InChI=1S/C11H14FNO.ClH/c12-9-3-1-2-8(6-9)11-7-10(14)4-5-13-11;/h1-3,6,10-11,13-14H,4-5,7H2;1H. The van der Waals surface area contributed by atoms with Gasteiger partial charge in [0, 0.05) is 6.04 Å². The quantitative estimate of drug-likeness (QED) is 0.775. The summed E-state index contributed by atoms with van der Waals surface area (Å²) in [6.07, 6.45) is 1.19. The van der Waals surface area contributed by atoms with Gasteiger partial charge >= 0.3 is 0 Å². The van der Waals surface area contributed by atoms with Crippen LogP contribution in [0.4, 0.5) is 4.39 Å². The molecule has 0 bridgehead atoms. The Morgan fingerprint density at radius 2 is 2.20 bits per heavy atom. The van der Waals surface area contributed by atoms with E-state index in [9.17, 15) is 9.50 Å². The number of piperidine rings is 1. The molecule has 15 heavy (non-hydrogen) atoms. The zero-order valence-corrected chi connectivity index (χ0v) is 9.14. The van der Waals surface area contributed by atoms with Crippen LogP contribution in [0.2, 0.25) is 0 Å². The number of aliphatic hydroxyl groups is 1. The lowest BCUT2D eigenvalue weighted by molar-refractivity contribution is 0.116. The van der Waals surface area contributed by atoms with E-state index >= 15 is 0 Å². The maximum Gasteiger partial charge on any atom is 0.123 e. The Balaban J connectivity index is 0.00000112. The molecule has 4 heteroatoms. The van der Waals surface area contributed by atoms with Crippen LogP contribution in [0.25, 0.3) is 0 Å². The largest absolute Gasteiger partial charge is 0.393 e. The second-order valence-corrected chi connectivity index (χ2v) is 3.74. The molecule has 2 N–H and O–H groups in total. The van der Waals surface area contributed by atoms with Gasteiger partial charge in [0.2, 0.25) is 0 Å². The minimum absolute atomic E-state index is 0. The molecule has 1 fully saturated rings. The molecule has 1 heterocycles. The highest BCUT2D eigenvalue weighted by molar-refractivity contribution is 5.85. The van der Waals surface area contributed by atoms with Crippen LogP contribution in [-0.4, -0.2) is 17.8 Å². The Morgan fingerprint density at radius 3 is 2.87 bits per heavy atom. The lowest BCUT2D eigenvalue weighted by Crippen LogP contribution is -2.34. The fourth-order valence-corrected chi connectivity index (χ4v) is 1.87. The molecule has 2 nitrogen and oxygen atoms in total. The zero-order valence-electron chi connectivity index (χ0n) is 8.32. The number of aliphatic hydroxyl groups excluding tert-OH is 1. The molecule has 84 valence electrons. The Bertz CT molecular complexity index is 321. The van der Waals surface area contributed by atoms with E-state index in [1.165, 1.54) is 12.1 Å². The van der Waals surface area contributed by atoms with Crippen molar-refractivity contribution < 1.29 is 9.50 Å². The average Bonchev–Trinajstić information content (AvgIpc) is 2.18. The molecule has 0 spiro atoms. The summed E-state index contributed by atoms with van der Waals surface area (Å²) in [7, 11) is 0. The second-order valence-electron chi connectivity index (χ2n) is 3.74. The van der Waals surface area contributed by atoms with Crippen molar-refractivity contribution in [3.05, 3.63) is 35.6 Å². The first-order valence-corrected chi connectivity index (χ1v) is 4.92. The summed E-state index contributed by atoms with van der Waals surface area (Å²) in [5.74, 6) is -0.218. The first-order valence-electron chi connectivity index (χ1n) is 4.92. The highest BCUT2D eigenvalue weighted by Crippen LogP contribution is 2.23. The SMILES string of the molecule is Cl.OC1CCNC(c2cccc(F)c2)C1. The van der Waals surface area contributed by atoms with Crippen LogP contribution in [0.15, 0.2) is 24.3 Å². The Hall–Kier alpha value is -0.640. The molecule has 0 aromatic heterocycles. The van der Waals surface area contributed by atoms with E-state index in [1.807, 2.05) is 6.07 Å². The van der Waals surface area contributed by atoms with Gasteiger partial charge in [-0.3, -0.25) is 0 Å². The molecule has 0 radical (unpaired) electrons. The lowest BCUT2D eigenvalue weighted by Gasteiger charge is -2.27. The highest BCUT2D eigenvalue weighted by Gasteiger charge is 2.20. The number of nitrogens with one attached hydrogen (secondary N) is 1. The van der Waals surface area contributed by atoms with Crippen molar-refractivity contribution in [2.75, 3.05) is 6.54 Å². The number of hydrogen-bond donors (Lipinski definition) is 2. The Kier molecular flexibility index (Phi) is 4.51. The first kappa shape index (κ1) is 12.4. The van der Waals surface area contributed by atoms with E-state index in [1.54, 1.807) is 6.07 Å².